The number of benzene rings is 1. The third-order valence-corrected chi connectivity index (χ3v) is 4.47. The Morgan fingerprint density at radius 1 is 1.36 bits per heavy atom. The van der Waals surface area contributed by atoms with E-state index in [9.17, 15) is 14.9 Å². The van der Waals surface area contributed by atoms with Gasteiger partial charge in [0, 0.05) is 23.6 Å². The molecule has 3 rings (SSSR count). The van der Waals surface area contributed by atoms with Gasteiger partial charge in [0.1, 0.15) is 5.69 Å². The number of hydrogen-bond donors (Lipinski definition) is 0. The van der Waals surface area contributed by atoms with Gasteiger partial charge in [-0.2, -0.15) is 0 Å². The van der Waals surface area contributed by atoms with E-state index in [1.54, 1.807) is 27.9 Å². The average Bonchev–Trinajstić information content (AvgIpc) is 3.21. The Kier molecular flexibility index (Phi) is 4.15. The molecule has 1 aromatic heterocycles. The molecule has 1 aliphatic rings. The molecule has 1 amide bonds. The first-order valence-electron chi connectivity index (χ1n) is 7.13. The number of nitro benzene ring substituents is 1. The van der Waals surface area contributed by atoms with Crippen LogP contribution in [0.15, 0.2) is 35.2 Å². The maximum Gasteiger partial charge on any atom is 0.277 e. The predicted octanol–water partition coefficient (Wildman–Crippen LogP) is 3.64. The summed E-state index contributed by atoms with van der Waals surface area (Å²) in [6, 6.07) is 6.34. The zero-order chi connectivity index (χ0) is 15.5. The van der Waals surface area contributed by atoms with E-state index < -0.39 is 4.92 Å². The smallest absolute Gasteiger partial charge is 0.277 e. The first-order chi connectivity index (χ1) is 10.7. The van der Waals surface area contributed by atoms with Gasteiger partial charge in [0.05, 0.1) is 16.1 Å². The van der Waals surface area contributed by atoms with Crippen molar-refractivity contribution in [3.05, 3.63) is 51.0 Å². The summed E-state index contributed by atoms with van der Waals surface area (Å²) in [4.78, 5) is 29.1. The highest BCUT2D eigenvalue weighted by Crippen LogP contribution is 2.31. The summed E-state index contributed by atoms with van der Waals surface area (Å²) in [7, 11) is 0. The molecular weight excluding hydrogens is 302 g/mol. The number of rotatable bonds is 4. The second-order valence-electron chi connectivity index (χ2n) is 5.26. The van der Waals surface area contributed by atoms with Gasteiger partial charge in [-0.3, -0.25) is 14.9 Å². The molecule has 2 aromatic rings. The Morgan fingerprint density at radius 3 is 2.77 bits per heavy atom. The number of aromatic nitrogens is 1. The van der Waals surface area contributed by atoms with Gasteiger partial charge in [-0.05, 0) is 18.9 Å². The number of nitrogens with zero attached hydrogens (tertiary/aromatic N) is 3. The van der Waals surface area contributed by atoms with E-state index in [0.29, 0.717) is 11.4 Å². The second-order valence-corrected chi connectivity index (χ2v) is 5.98. The zero-order valence-corrected chi connectivity index (χ0v) is 12.7. The molecule has 1 fully saturated rings. The van der Waals surface area contributed by atoms with Crippen molar-refractivity contribution in [3.63, 3.8) is 0 Å². The van der Waals surface area contributed by atoms with Crippen LogP contribution in [0.2, 0.25) is 0 Å². The SMILES string of the molecule is O=C(c1cscn1)N(c1cccc([N+](=O)[O-])c1)C1CCCC1. The summed E-state index contributed by atoms with van der Waals surface area (Å²) in [6.45, 7) is 0. The number of thiazole rings is 1. The number of amides is 1. The van der Waals surface area contributed by atoms with Crippen LogP contribution >= 0.6 is 11.3 Å². The summed E-state index contributed by atoms with van der Waals surface area (Å²) < 4.78 is 0. The normalized spacial score (nSPS) is 14.9. The highest BCUT2D eigenvalue weighted by Gasteiger charge is 2.30. The molecule has 0 saturated heterocycles. The number of anilines is 1. The van der Waals surface area contributed by atoms with Crippen LogP contribution in [-0.2, 0) is 0 Å². The maximum atomic E-state index is 12.8. The molecule has 0 spiro atoms. The van der Waals surface area contributed by atoms with Gasteiger partial charge in [0.2, 0.25) is 0 Å². The molecule has 0 atom stereocenters. The first kappa shape index (κ1) is 14.6. The minimum atomic E-state index is -0.441. The van der Waals surface area contributed by atoms with Crippen LogP contribution in [0.25, 0.3) is 0 Å². The van der Waals surface area contributed by atoms with Crippen LogP contribution in [0.4, 0.5) is 11.4 Å². The fourth-order valence-electron chi connectivity index (χ4n) is 2.85. The van der Waals surface area contributed by atoms with Gasteiger partial charge in [-0.1, -0.05) is 18.9 Å². The Bertz CT molecular complexity index is 681. The van der Waals surface area contributed by atoms with Crippen molar-refractivity contribution < 1.29 is 9.72 Å². The van der Waals surface area contributed by atoms with Crippen molar-refractivity contribution in [1.82, 2.24) is 4.98 Å². The molecule has 1 aromatic carbocycles. The molecule has 1 aliphatic carbocycles. The Balaban J connectivity index is 1.99. The van der Waals surface area contributed by atoms with Gasteiger partial charge >= 0.3 is 0 Å². The lowest BCUT2D eigenvalue weighted by Gasteiger charge is -2.28. The third-order valence-electron chi connectivity index (χ3n) is 3.88. The lowest BCUT2D eigenvalue weighted by Crippen LogP contribution is -2.39. The van der Waals surface area contributed by atoms with Crippen molar-refractivity contribution in [2.45, 2.75) is 31.7 Å². The van der Waals surface area contributed by atoms with Gasteiger partial charge in [0.15, 0.2) is 0 Å². The first-order valence-corrected chi connectivity index (χ1v) is 8.07. The Hall–Kier alpha value is -2.28. The summed E-state index contributed by atoms with van der Waals surface area (Å²) in [5.74, 6) is -0.186. The van der Waals surface area contributed by atoms with Crippen molar-refractivity contribution >= 4 is 28.6 Å². The predicted molar refractivity (Wildman–Crippen MR) is 84.3 cm³/mol. The summed E-state index contributed by atoms with van der Waals surface area (Å²) in [5.41, 5.74) is 2.57. The van der Waals surface area contributed by atoms with Gasteiger partial charge in [-0.25, -0.2) is 4.98 Å². The van der Waals surface area contributed by atoms with Crippen LogP contribution in [0, 0.1) is 10.1 Å². The largest absolute Gasteiger partial charge is 0.304 e. The highest BCUT2D eigenvalue weighted by molar-refractivity contribution is 7.07. The van der Waals surface area contributed by atoms with Gasteiger partial charge < -0.3 is 4.90 Å². The van der Waals surface area contributed by atoms with E-state index in [2.05, 4.69) is 4.98 Å². The van der Waals surface area contributed by atoms with E-state index in [1.165, 1.54) is 23.5 Å². The number of carbonyl (C=O) groups is 1. The molecule has 0 radical (unpaired) electrons. The average molecular weight is 317 g/mol. The van der Waals surface area contributed by atoms with Crippen LogP contribution in [0.3, 0.4) is 0 Å². The van der Waals surface area contributed by atoms with Crippen molar-refractivity contribution in [3.8, 4) is 0 Å². The minimum absolute atomic E-state index is 0.00780. The van der Waals surface area contributed by atoms with Crippen LogP contribution in [0.5, 0.6) is 0 Å². The van der Waals surface area contributed by atoms with Gasteiger partial charge in [0.25, 0.3) is 11.6 Å². The molecule has 22 heavy (non-hydrogen) atoms. The summed E-state index contributed by atoms with van der Waals surface area (Å²) >= 11 is 1.36. The number of carbonyl (C=O) groups excluding carboxylic acids is 1. The highest BCUT2D eigenvalue weighted by atomic mass is 32.1. The fourth-order valence-corrected chi connectivity index (χ4v) is 3.38. The number of non-ortho nitro benzene ring substituents is 1. The molecule has 6 nitrogen and oxygen atoms in total. The van der Waals surface area contributed by atoms with Crippen LogP contribution in [-0.4, -0.2) is 21.9 Å². The second kappa shape index (κ2) is 6.23. The number of nitro groups is 1. The van der Waals surface area contributed by atoms with E-state index in [0.717, 1.165) is 25.7 Å². The van der Waals surface area contributed by atoms with Crippen molar-refractivity contribution in [1.29, 1.82) is 0 Å². The minimum Gasteiger partial charge on any atom is -0.304 e. The van der Waals surface area contributed by atoms with Crippen LogP contribution < -0.4 is 4.90 Å². The standard InChI is InChI=1S/C15H15N3O3S/c19-15(14-9-22-10-16-14)17(11-4-1-2-5-11)12-6-3-7-13(8-12)18(20)21/h3,6-11H,1-2,4-5H2. The molecule has 114 valence electrons. The molecule has 1 saturated carbocycles. The quantitative estimate of drug-likeness (QED) is 0.637. The van der Waals surface area contributed by atoms with E-state index in [1.807, 2.05) is 0 Å². The molecule has 0 N–H and O–H groups in total. The molecule has 7 heteroatoms. The maximum absolute atomic E-state index is 12.8. The molecule has 0 unspecified atom stereocenters. The molecule has 0 aliphatic heterocycles. The lowest BCUT2D eigenvalue weighted by molar-refractivity contribution is -0.384. The Labute approximate surface area is 131 Å². The topological polar surface area (TPSA) is 76.3 Å². The number of hydrogen-bond acceptors (Lipinski definition) is 5. The Morgan fingerprint density at radius 2 is 2.14 bits per heavy atom. The molecule has 1 heterocycles. The lowest BCUT2D eigenvalue weighted by atomic mass is 10.1. The van der Waals surface area contributed by atoms with Crippen molar-refractivity contribution in [2.24, 2.45) is 0 Å². The monoisotopic (exact) mass is 317 g/mol. The van der Waals surface area contributed by atoms with E-state index >= 15 is 0 Å². The van der Waals surface area contributed by atoms with Crippen LogP contribution in [0.1, 0.15) is 36.2 Å². The fraction of sp³-hybridized carbons (Fsp3) is 0.333. The van der Waals surface area contributed by atoms with Gasteiger partial charge in [-0.15, -0.1) is 11.3 Å². The van der Waals surface area contributed by atoms with Crippen molar-refractivity contribution in [2.75, 3.05) is 4.90 Å². The van der Waals surface area contributed by atoms with E-state index in [-0.39, 0.29) is 17.6 Å². The zero-order valence-electron chi connectivity index (χ0n) is 11.8. The molecule has 0 bridgehead atoms. The summed E-state index contributed by atoms with van der Waals surface area (Å²) in [6.07, 6.45) is 3.97. The summed E-state index contributed by atoms with van der Waals surface area (Å²) in [5, 5.41) is 12.7. The molecular formula is C15H15N3O3S. The third kappa shape index (κ3) is 2.85. The van der Waals surface area contributed by atoms with E-state index in [4.69, 9.17) is 0 Å².